The van der Waals surface area contributed by atoms with Crippen molar-refractivity contribution in [1.29, 1.82) is 0 Å². The van der Waals surface area contributed by atoms with Crippen LogP contribution in [0.3, 0.4) is 0 Å². The molecule has 18 heavy (non-hydrogen) atoms. The minimum atomic E-state index is 0.0971. The van der Waals surface area contributed by atoms with Crippen LogP contribution in [0, 0.1) is 0 Å². The molecule has 0 radical (unpaired) electrons. The maximum absolute atomic E-state index is 5.96. The topological polar surface area (TPSA) is 30.5 Å². The summed E-state index contributed by atoms with van der Waals surface area (Å²) in [5, 5.41) is 3.93. The lowest BCUT2D eigenvalue weighted by atomic mass is 9.85. The molecule has 1 aromatic rings. The van der Waals surface area contributed by atoms with Gasteiger partial charge in [0.25, 0.3) is 0 Å². The second-order valence-electron chi connectivity index (χ2n) is 4.28. The molecule has 0 spiro atoms. The molecule has 1 saturated carbocycles. The summed E-state index contributed by atoms with van der Waals surface area (Å²) in [7, 11) is 1.95. The standard InChI is InChI=1S/C13H17BrClNO2/c1-3-17-13-10(16-2)7-12(13)18-11-5-4-8(15)6-9(11)14/h4-6,10,12-13,16H,3,7H2,1-2H3. The zero-order valence-corrected chi connectivity index (χ0v) is 12.8. The van der Waals surface area contributed by atoms with Gasteiger partial charge in [0.05, 0.1) is 4.47 Å². The van der Waals surface area contributed by atoms with Crippen molar-refractivity contribution < 1.29 is 9.47 Å². The average Bonchev–Trinajstić information content (AvgIpc) is 2.33. The Labute approximate surface area is 121 Å². The van der Waals surface area contributed by atoms with E-state index in [0.29, 0.717) is 17.7 Å². The first kappa shape index (κ1) is 14.1. The highest BCUT2D eigenvalue weighted by molar-refractivity contribution is 9.10. The van der Waals surface area contributed by atoms with E-state index in [0.717, 1.165) is 16.6 Å². The average molecular weight is 335 g/mol. The first-order valence-corrected chi connectivity index (χ1v) is 7.23. The molecule has 1 fully saturated rings. The Morgan fingerprint density at radius 2 is 2.28 bits per heavy atom. The van der Waals surface area contributed by atoms with Crippen molar-refractivity contribution in [3.8, 4) is 5.75 Å². The molecule has 100 valence electrons. The van der Waals surface area contributed by atoms with Crippen LogP contribution < -0.4 is 10.1 Å². The summed E-state index contributed by atoms with van der Waals surface area (Å²) in [6.07, 6.45) is 1.17. The lowest BCUT2D eigenvalue weighted by Crippen LogP contribution is -2.60. The molecular formula is C13H17BrClNO2. The van der Waals surface area contributed by atoms with E-state index in [2.05, 4.69) is 21.2 Å². The maximum Gasteiger partial charge on any atom is 0.134 e. The minimum absolute atomic E-state index is 0.0971. The Morgan fingerprint density at radius 1 is 1.50 bits per heavy atom. The van der Waals surface area contributed by atoms with Crippen molar-refractivity contribution in [2.75, 3.05) is 13.7 Å². The van der Waals surface area contributed by atoms with Crippen molar-refractivity contribution >= 4 is 27.5 Å². The first-order valence-electron chi connectivity index (χ1n) is 6.06. The highest BCUT2D eigenvalue weighted by Crippen LogP contribution is 2.34. The minimum Gasteiger partial charge on any atom is -0.486 e. The predicted molar refractivity (Wildman–Crippen MR) is 76.4 cm³/mol. The Morgan fingerprint density at radius 3 is 2.89 bits per heavy atom. The Bertz CT molecular complexity index is 416. The van der Waals surface area contributed by atoms with Gasteiger partial charge in [-0.2, -0.15) is 0 Å². The molecule has 0 aliphatic heterocycles. The molecule has 1 aromatic carbocycles. The van der Waals surface area contributed by atoms with Gasteiger partial charge in [-0.05, 0) is 48.1 Å². The summed E-state index contributed by atoms with van der Waals surface area (Å²) < 4.78 is 12.5. The summed E-state index contributed by atoms with van der Waals surface area (Å²) in [5.41, 5.74) is 0. The molecule has 2 rings (SSSR count). The molecule has 1 aliphatic carbocycles. The van der Waals surface area contributed by atoms with Crippen LogP contribution in [0.1, 0.15) is 13.3 Å². The van der Waals surface area contributed by atoms with E-state index in [-0.39, 0.29) is 12.2 Å². The van der Waals surface area contributed by atoms with Crippen molar-refractivity contribution in [3.63, 3.8) is 0 Å². The van der Waals surface area contributed by atoms with E-state index >= 15 is 0 Å². The Kier molecular flexibility index (Phi) is 4.90. The zero-order chi connectivity index (χ0) is 13.1. The number of halogens is 2. The second-order valence-corrected chi connectivity index (χ2v) is 5.57. The molecule has 0 heterocycles. The van der Waals surface area contributed by atoms with Crippen molar-refractivity contribution in [1.82, 2.24) is 5.32 Å². The third kappa shape index (κ3) is 2.99. The number of hydrogen-bond acceptors (Lipinski definition) is 3. The van der Waals surface area contributed by atoms with Gasteiger partial charge in [0, 0.05) is 24.1 Å². The van der Waals surface area contributed by atoms with Gasteiger partial charge in [0.15, 0.2) is 0 Å². The predicted octanol–water partition coefficient (Wildman–Crippen LogP) is 3.25. The van der Waals surface area contributed by atoms with Gasteiger partial charge in [-0.1, -0.05) is 11.6 Å². The molecule has 0 saturated heterocycles. The van der Waals surface area contributed by atoms with Gasteiger partial charge in [0.1, 0.15) is 18.0 Å². The quantitative estimate of drug-likeness (QED) is 0.896. The van der Waals surface area contributed by atoms with Crippen LogP contribution in [-0.2, 0) is 4.74 Å². The highest BCUT2D eigenvalue weighted by atomic mass is 79.9. The Hall–Kier alpha value is -0.290. The monoisotopic (exact) mass is 333 g/mol. The third-order valence-corrected chi connectivity index (χ3v) is 4.01. The van der Waals surface area contributed by atoms with Crippen LogP contribution in [0.25, 0.3) is 0 Å². The molecule has 1 N–H and O–H groups in total. The highest BCUT2D eigenvalue weighted by Gasteiger charge is 2.43. The van der Waals surface area contributed by atoms with Gasteiger partial charge >= 0.3 is 0 Å². The fourth-order valence-corrected chi connectivity index (χ4v) is 2.91. The number of benzene rings is 1. The van der Waals surface area contributed by atoms with Crippen LogP contribution in [0.2, 0.25) is 5.02 Å². The third-order valence-electron chi connectivity index (χ3n) is 3.15. The van der Waals surface area contributed by atoms with Crippen molar-refractivity contribution in [3.05, 3.63) is 27.7 Å². The summed E-state index contributed by atoms with van der Waals surface area (Å²) >= 11 is 9.36. The molecule has 3 nitrogen and oxygen atoms in total. The van der Waals surface area contributed by atoms with E-state index in [9.17, 15) is 0 Å². The van der Waals surface area contributed by atoms with Crippen LogP contribution >= 0.6 is 27.5 Å². The molecular weight excluding hydrogens is 318 g/mol. The second kappa shape index (κ2) is 6.24. The normalized spacial score (nSPS) is 26.8. The number of nitrogens with one attached hydrogen (secondary N) is 1. The van der Waals surface area contributed by atoms with Crippen molar-refractivity contribution in [2.45, 2.75) is 31.6 Å². The van der Waals surface area contributed by atoms with E-state index in [4.69, 9.17) is 21.1 Å². The fourth-order valence-electron chi connectivity index (χ4n) is 2.13. The van der Waals surface area contributed by atoms with E-state index < -0.39 is 0 Å². The largest absolute Gasteiger partial charge is 0.486 e. The van der Waals surface area contributed by atoms with Gasteiger partial charge < -0.3 is 14.8 Å². The molecule has 0 bridgehead atoms. The van der Waals surface area contributed by atoms with E-state index in [1.807, 2.05) is 32.2 Å². The molecule has 0 aromatic heterocycles. The van der Waals surface area contributed by atoms with Gasteiger partial charge in [-0.25, -0.2) is 0 Å². The summed E-state index contributed by atoms with van der Waals surface area (Å²) in [4.78, 5) is 0. The van der Waals surface area contributed by atoms with Crippen LogP contribution in [0.4, 0.5) is 0 Å². The smallest absolute Gasteiger partial charge is 0.134 e. The molecule has 3 atom stereocenters. The lowest BCUT2D eigenvalue weighted by molar-refractivity contribution is -0.103. The van der Waals surface area contributed by atoms with E-state index in [1.54, 1.807) is 0 Å². The Balaban J connectivity index is 2.01. The summed E-state index contributed by atoms with van der Waals surface area (Å²) in [6.45, 7) is 2.70. The van der Waals surface area contributed by atoms with Gasteiger partial charge in [0.2, 0.25) is 0 Å². The summed E-state index contributed by atoms with van der Waals surface area (Å²) in [6, 6.07) is 5.91. The van der Waals surface area contributed by atoms with Gasteiger partial charge in [-0.3, -0.25) is 0 Å². The molecule has 1 aliphatic rings. The first-order chi connectivity index (χ1) is 8.65. The van der Waals surface area contributed by atoms with Crippen LogP contribution in [0.5, 0.6) is 5.75 Å². The fraction of sp³-hybridized carbons (Fsp3) is 0.538. The molecule has 5 heteroatoms. The maximum atomic E-state index is 5.96. The zero-order valence-electron chi connectivity index (χ0n) is 10.5. The molecule has 3 unspecified atom stereocenters. The number of likely N-dealkylation sites (N-methyl/N-ethyl adjacent to an activating group) is 1. The van der Waals surface area contributed by atoms with E-state index in [1.165, 1.54) is 0 Å². The number of ether oxygens (including phenoxy) is 2. The van der Waals surface area contributed by atoms with Crippen LogP contribution in [0.15, 0.2) is 22.7 Å². The summed E-state index contributed by atoms with van der Waals surface area (Å²) in [5.74, 6) is 0.809. The number of rotatable bonds is 5. The van der Waals surface area contributed by atoms with Crippen LogP contribution in [-0.4, -0.2) is 31.9 Å². The van der Waals surface area contributed by atoms with Crippen molar-refractivity contribution in [2.24, 2.45) is 0 Å². The SMILES string of the molecule is CCOC1C(NC)CC1Oc1ccc(Cl)cc1Br. The lowest BCUT2D eigenvalue weighted by Gasteiger charge is -2.43. The van der Waals surface area contributed by atoms with Gasteiger partial charge in [-0.15, -0.1) is 0 Å². The molecule has 0 amide bonds. The number of hydrogen-bond donors (Lipinski definition) is 1.